The second-order valence-corrected chi connectivity index (χ2v) is 9.48. The molecule has 194 valence electrons. The Morgan fingerprint density at radius 1 is 1.11 bits per heavy atom. The van der Waals surface area contributed by atoms with Gasteiger partial charge in [-0.1, -0.05) is 39.7 Å². The van der Waals surface area contributed by atoms with Gasteiger partial charge in [0.1, 0.15) is 12.2 Å². The van der Waals surface area contributed by atoms with Crippen LogP contribution in [-0.4, -0.2) is 36.0 Å². The third-order valence-corrected chi connectivity index (χ3v) is 6.82. The fourth-order valence-corrected chi connectivity index (χ4v) is 4.21. The number of barbiturate groups is 1. The molecule has 3 aromatic rings. The lowest BCUT2D eigenvalue weighted by Crippen LogP contribution is -2.54. The highest BCUT2D eigenvalue weighted by Gasteiger charge is 2.37. The van der Waals surface area contributed by atoms with Crippen molar-refractivity contribution in [3.63, 3.8) is 0 Å². The number of hydrogen-bond donors (Lipinski definition) is 2. The molecule has 1 aliphatic heterocycles. The summed E-state index contributed by atoms with van der Waals surface area (Å²) in [5.41, 5.74) is 2.06. The highest BCUT2D eigenvalue weighted by Crippen LogP contribution is 2.38. The van der Waals surface area contributed by atoms with Crippen molar-refractivity contribution in [2.75, 3.05) is 12.0 Å². The van der Waals surface area contributed by atoms with Crippen molar-refractivity contribution in [3.8, 4) is 11.5 Å². The lowest BCUT2D eigenvalue weighted by Gasteiger charge is -2.26. The molecule has 1 heterocycles. The van der Waals surface area contributed by atoms with Crippen LogP contribution in [0.15, 0.2) is 64.6 Å². The summed E-state index contributed by atoms with van der Waals surface area (Å²) in [5, 5.41) is 11.4. The molecule has 4 rings (SSSR count). The van der Waals surface area contributed by atoms with Crippen LogP contribution in [0.25, 0.3) is 6.08 Å². The van der Waals surface area contributed by atoms with E-state index in [0.29, 0.717) is 16.8 Å². The number of methoxy groups -OCH3 is 1. The Morgan fingerprint density at radius 3 is 2.45 bits per heavy atom. The minimum absolute atomic E-state index is 0.0843. The summed E-state index contributed by atoms with van der Waals surface area (Å²) in [4.78, 5) is 50.2. The maximum absolute atomic E-state index is 13.2. The molecule has 4 amide bonds. The topological polar surface area (TPSA) is 122 Å². The third-order valence-electron chi connectivity index (χ3n) is 5.65. The summed E-state index contributed by atoms with van der Waals surface area (Å²) >= 11 is 9.83. The molecular formula is C27H20BrClN2O7. The molecule has 9 nitrogen and oxygen atoms in total. The first kappa shape index (κ1) is 26.9. The number of amides is 4. The zero-order chi connectivity index (χ0) is 27.6. The number of ether oxygens (including phenoxy) is 2. The van der Waals surface area contributed by atoms with Crippen LogP contribution in [0, 0.1) is 6.92 Å². The summed E-state index contributed by atoms with van der Waals surface area (Å²) in [5.74, 6) is -2.20. The number of nitrogens with zero attached hydrogens (tertiary/aromatic N) is 1. The fourth-order valence-electron chi connectivity index (χ4n) is 3.69. The normalized spacial score (nSPS) is 14.5. The number of carboxylic acids is 1. The van der Waals surface area contributed by atoms with Gasteiger partial charge in [-0.25, -0.2) is 14.5 Å². The molecule has 0 bridgehead atoms. The van der Waals surface area contributed by atoms with Crippen LogP contribution in [-0.2, 0) is 16.2 Å². The third kappa shape index (κ3) is 5.56. The molecule has 11 heteroatoms. The quantitative estimate of drug-likeness (QED) is 0.277. The number of aryl methyl sites for hydroxylation is 1. The molecular weight excluding hydrogens is 580 g/mol. The molecule has 0 aromatic heterocycles. The number of halogens is 2. The number of urea groups is 1. The van der Waals surface area contributed by atoms with E-state index in [-0.39, 0.29) is 34.3 Å². The summed E-state index contributed by atoms with van der Waals surface area (Å²) in [6, 6.07) is 13.3. The Morgan fingerprint density at radius 2 is 1.82 bits per heavy atom. The van der Waals surface area contributed by atoms with E-state index in [0.717, 1.165) is 14.9 Å². The lowest BCUT2D eigenvalue weighted by molar-refractivity contribution is -0.122. The van der Waals surface area contributed by atoms with Crippen molar-refractivity contribution in [1.29, 1.82) is 0 Å². The van der Waals surface area contributed by atoms with E-state index in [4.69, 9.17) is 26.2 Å². The number of imide groups is 2. The van der Waals surface area contributed by atoms with Gasteiger partial charge in [-0.05, 0) is 72.2 Å². The van der Waals surface area contributed by atoms with Crippen molar-refractivity contribution in [2.24, 2.45) is 0 Å². The van der Waals surface area contributed by atoms with Gasteiger partial charge in [0.2, 0.25) is 0 Å². The van der Waals surface area contributed by atoms with Crippen molar-refractivity contribution in [3.05, 3.63) is 91.9 Å². The number of hydrogen-bond acceptors (Lipinski definition) is 6. The van der Waals surface area contributed by atoms with Crippen molar-refractivity contribution in [2.45, 2.75) is 13.5 Å². The number of nitrogens with one attached hydrogen (secondary N) is 1. The van der Waals surface area contributed by atoms with Crippen molar-refractivity contribution in [1.82, 2.24) is 5.32 Å². The molecule has 0 aliphatic carbocycles. The molecule has 1 fully saturated rings. The van der Waals surface area contributed by atoms with Crippen LogP contribution in [0.3, 0.4) is 0 Å². The summed E-state index contributed by atoms with van der Waals surface area (Å²) in [7, 11) is 1.41. The van der Waals surface area contributed by atoms with E-state index < -0.39 is 23.8 Å². The Kier molecular flexibility index (Phi) is 7.84. The smallest absolute Gasteiger partial charge is 0.335 e. The first-order chi connectivity index (χ1) is 18.1. The summed E-state index contributed by atoms with van der Waals surface area (Å²) in [6.45, 7) is 1.89. The van der Waals surface area contributed by atoms with Crippen molar-refractivity contribution >= 4 is 63.1 Å². The number of carboxylic acid groups (broad SMARTS) is 1. The van der Waals surface area contributed by atoms with Crippen LogP contribution >= 0.6 is 27.5 Å². The Labute approximate surface area is 230 Å². The number of benzene rings is 3. The predicted molar refractivity (Wildman–Crippen MR) is 144 cm³/mol. The SMILES string of the molecule is COc1cc(/C=C2\C(=O)NC(=O)N(c3ccc(Br)c(C)c3)C2=O)cc(Cl)c1OCc1ccc(C(=O)O)cc1. The van der Waals surface area contributed by atoms with Crippen LogP contribution in [0.5, 0.6) is 11.5 Å². The molecule has 1 saturated heterocycles. The van der Waals surface area contributed by atoms with E-state index >= 15 is 0 Å². The van der Waals surface area contributed by atoms with Gasteiger partial charge >= 0.3 is 12.0 Å². The molecule has 1 aliphatic rings. The minimum atomic E-state index is -1.03. The Balaban J connectivity index is 1.61. The van der Waals surface area contributed by atoms with Gasteiger partial charge in [0.15, 0.2) is 11.5 Å². The second kappa shape index (κ2) is 11.1. The first-order valence-corrected chi connectivity index (χ1v) is 12.3. The van der Waals surface area contributed by atoms with E-state index in [9.17, 15) is 19.2 Å². The lowest BCUT2D eigenvalue weighted by atomic mass is 10.1. The standard InChI is InChI=1S/C27H20BrClN2O7/c1-14-9-18(7-8-20(14)28)31-25(33)19(24(32)30-27(31)36)10-16-11-21(29)23(22(12-16)37-2)38-13-15-3-5-17(6-4-15)26(34)35/h3-12H,13H2,1-2H3,(H,34,35)(H,30,32,36)/b19-10+. The number of carbonyl (C=O) groups is 4. The number of carbonyl (C=O) groups excluding carboxylic acids is 3. The Bertz CT molecular complexity index is 1500. The molecule has 0 radical (unpaired) electrons. The van der Waals surface area contributed by atoms with E-state index in [1.807, 2.05) is 6.92 Å². The van der Waals surface area contributed by atoms with Gasteiger partial charge in [0.25, 0.3) is 11.8 Å². The monoisotopic (exact) mass is 598 g/mol. The summed E-state index contributed by atoms with van der Waals surface area (Å²) < 4.78 is 12.0. The molecule has 0 spiro atoms. The molecule has 0 unspecified atom stereocenters. The van der Waals surface area contributed by atoms with E-state index in [1.54, 1.807) is 30.3 Å². The molecule has 38 heavy (non-hydrogen) atoms. The predicted octanol–water partition coefficient (Wildman–Crippen LogP) is 5.36. The number of anilines is 1. The highest BCUT2D eigenvalue weighted by molar-refractivity contribution is 9.10. The van der Waals surface area contributed by atoms with Gasteiger partial charge < -0.3 is 14.6 Å². The fraction of sp³-hybridized carbons (Fsp3) is 0.111. The van der Waals surface area contributed by atoms with Gasteiger partial charge in [-0.3, -0.25) is 14.9 Å². The van der Waals surface area contributed by atoms with Crippen LogP contribution < -0.4 is 19.7 Å². The van der Waals surface area contributed by atoms with Gasteiger partial charge in [0, 0.05) is 4.47 Å². The zero-order valence-corrected chi connectivity index (χ0v) is 22.4. The Hall–Kier alpha value is -4.15. The van der Waals surface area contributed by atoms with Gasteiger partial charge in [-0.15, -0.1) is 0 Å². The van der Waals surface area contributed by atoms with E-state index in [2.05, 4.69) is 21.2 Å². The molecule has 0 atom stereocenters. The largest absolute Gasteiger partial charge is 0.493 e. The average molecular weight is 600 g/mol. The summed E-state index contributed by atoms with van der Waals surface area (Å²) in [6.07, 6.45) is 1.31. The van der Waals surface area contributed by atoms with Crippen LogP contribution in [0.2, 0.25) is 5.02 Å². The minimum Gasteiger partial charge on any atom is -0.493 e. The average Bonchev–Trinajstić information content (AvgIpc) is 2.87. The van der Waals surface area contributed by atoms with Gasteiger partial charge in [0.05, 0.1) is 23.4 Å². The molecule has 2 N–H and O–H groups in total. The zero-order valence-electron chi connectivity index (χ0n) is 20.1. The van der Waals surface area contributed by atoms with Crippen LogP contribution in [0.4, 0.5) is 10.5 Å². The number of rotatable bonds is 7. The van der Waals surface area contributed by atoms with Crippen LogP contribution in [0.1, 0.15) is 27.0 Å². The second-order valence-electron chi connectivity index (χ2n) is 8.22. The van der Waals surface area contributed by atoms with Gasteiger partial charge in [-0.2, -0.15) is 0 Å². The molecule has 0 saturated carbocycles. The first-order valence-electron chi connectivity index (χ1n) is 11.1. The number of aromatic carboxylic acids is 1. The highest BCUT2D eigenvalue weighted by atomic mass is 79.9. The molecule has 3 aromatic carbocycles. The maximum atomic E-state index is 13.2. The van der Waals surface area contributed by atoms with E-state index in [1.165, 1.54) is 37.5 Å². The maximum Gasteiger partial charge on any atom is 0.335 e. The van der Waals surface area contributed by atoms with Crippen molar-refractivity contribution < 1.29 is 33.8 Å².